The number of methoxy groups -OCH3 is 1. The number of nitrogens with zero attached hydrogens (tertiary/aromatic N) is 5. The van der Waals surface area contributed by atoms with Gasteiger partial charge in [-0.1, -0.05) is 11.6 Å². The number of carboxylic acid groups (broad SMARTS) is 1. The van der Waals surface area contributed by atoms with Gasteiger partial charge in [0, 0.05) is 17.3 Å². The Morgan fingerprint density at radius 3 is 2.44 bits per heavy atom. The lowest BCUT2D eigenvalue weighted by molar-refractivity contribution is 0.199. The van der Waals surface area contributed by atoms with Crippen LogP contribution in [-0.4, -0.2) is 51.0 Å². The third-order valence-electron chi connectivity index (χ3n) is 6.73. The van der Waals surface area contributed by atoms with E-state index in [-0.39, 0.29) is 23.4 Å². The Balaban J connectivity index is 1.72. The highest BCUT2D eigenvalue weighted by Gasteiger charge is 2.37. The monoisotopic (exact) mass is 556 g/mol. The molecule has 1 aliphatic carbocycles. The number of rotatable bonds is 10. The Morgan fingerprint density at radius 1 is 1.15 bits per heavy atom. The van der Waals surface area contributed by atoms with Crippen LogP contribution >= 0.6 is 11.6 Å². The van der Waals surface area contributed by atoms with Crippen molar-refractivity contribution in [1.29, 1.82) is 0 Å². The zero-order chi connectivity index (χ0) is 28.4. The lowest BCUT2D eigenvalue weighted by Gasteiger charge is -2.28. The average molecular weight is 557 g/mol. The SMILES string of the molecule is CCOc1nc(C)c(N(C[C@H](C2CC2)n2cc(Cl)nc(Nc3cc(C)c(OC)nc3C)c2=O)C(=O)O)cc1C. The smallest absolute Gasteiger partial charge is 0.411 e. The molecule has 1 amide bonds. The molecule has 0 spiro atoms. The molecule has 0 saturated heterocycles. The summed E-state index contributed by atoms with van der Waals surface area (Å²) in [4.78, 5) is 40.5. The fourth-order valence-electron chi connectivity index (χ4n) is 4.59. The van der Waals surface area contributed by atoms with Gasteiger partial charge < -0.3 is 24.5 Å². The van der Waals surface area contributed by atoms with Gasteiger partial charge in [0.15, 0.2) is 5.82 Å². The molecule has 0 bridgehead atoms. The molecule has 208 valence electrons. The molecule has 1 saturated carbocycles. The predicted octanol–water partition coefficient (Wildman–Crippen LogP) is 5.21. The van der Waals surface area contributed by atoms with Gasteiger partial charge in [-0.05, 0) is 65.5 Å². The van der Waals surface area contributed by atoms with Gasteiger partial charge >= 0.3 is 6.09 Å². The van der Waals surface area contributed by atoms with E-state index in [1.165, 1.54) is 15.7 Å². The number of pyridine rings is 2. The van der Waals surface area contributed by atoms with Gasteiger partial charge in [-0.15, -0.1) is 0 Å². The number of ether oxygens (including phenoxy) is 2. The van der Waals surface area contributed by atoms with Gasteiger partial charge in [-0.25, -0.2) is 19.7 Å². The van der Waals surface area contributed by atoms with Crippen LogP contribution in [0.5, 0.6) is 11.8 Å². The van der Waals surface area contributed by atoms with Gasteiger partial charge in [-0.2, -0.15) is 0 Å². The minimum atomic E-state index is -1.14. The number of anilines is 3. The molecular weight excluding hydrogens is 524 g/mol. The number of aryl methyl sites for hydroxylation is 4. The highest BCUT2D eigenvalue weighted by molar-refractivity contribution is 6.29. The third-order valence-corrected chi connectivity index (χ3v) is 6.91. The number of aromatic nitrogens is 4. The molecule has 2 N–H and O–H groups in total. The second-order valence-electron chi connectivity index (χ2n) is 9.64. The van der Waals surface area contributed by atoms with Crippen molar-refractivity contribution in [2.75, 3.05) is 30.5 Å². The fraction of sp³-hybridized carbons (Fsp3) is 0.444. The minimum absolute atomic E-state index is 0.0271. The molecule has 39 heavy (non-hydrogen) atoms. The fourth-order valence-corrected chi connectivity index (χ4v) is 4.78. The van der Waals surface area contributed by atoms with E-state index in [4.69, 9.17) is 21.1 Å². The summed E-state index contributed by atoms with van der Waals surface area (Å²) in [5, 5.41) is 13.4. The second kappa shape index (κ2) is 11.5. The number of carbonyl (C=O) groups is 1. The van der Waals surface area contributed by atoms with Crippen molar-refractivity contribution >= 4 is 34.9 Å². The summed E-state index contributed by atoms with van der Waals surface area (Å²) in [6.07, 6.45) is 2.06. The van der Waals surface area contributed by atoms with Crippen LogP contribution in [0.4, 0.5) is 22.0 Å². The lowest BCUT2D eigenvalue weighted by Crippen LogP contribution is -2.40. The maximum absolute atomic E-state index is 13.7. The van der Waals surface area contributed by atoms with E-state index < -0.39 is 17.7 Å². The molecule has 1 aliphatic rings. The Kier molecular flexibility index (Phi) is 8.29. The van der Waals surface area contributed by atoms with Crippen LogP contribution in [-0.2, 0) is 0 Å². The number of halogens is 1. The highest BCUT2D eigenvalue weighted by Crippen LogP contribution is 2.41. The summed E-state index contributed by atoms with van der Waals surface area (Å²) in [6, 6.07) is 3.11. The van der Waals surface area contributed by atoms with E-state index in [1.54, 1.807) is 27.0 Å². The second-order valence-corrected chi connectivity index (χ2v) is 10.0. The molecule has 1 fully saturated rings. The Hall–Kier alpha value is -3.86. The molecule has 4 rings (SSSR count). The number of nitrogens with one attached hydrogen (secondary N) is 1. The van der Waals surface area contributed by atoms with Crippen molar-refractivity contribution in [2.24, 2.45) is 5.92 Å². The quantitative estimate of drug-likeness (QED) is 0.345. The van der Waals surface area contributed by atoms with Gasteiger partial charge in [0.05, 0.1) is 49.1 Å². The molecule has 11 nitrogen and oxygen atoms in total. The topological polar surface area (TPSA) is 132 Å². The molecule has 3 aromatic heterocycles. The third kappa shape index (κ3) is 6.08. The van der Waals surface area contributed by atoms with E-state index >= 15 is 0 Å². The van der Waals surface area contributed by atoms with E-state index in [2.05, 4.69) is 20.3 Å². The summed E-state index contributed by atoms with van der Waals surface area (Å²) >= 11 is 6.39. The van der Waals surface area contributed by atoms with Crippen molar-refractivity contribution in [3.05, 3.63) is 56.4 Å². The predicted molar refractivity (Wildman–Crippen MR) is 149 cm³/mol. The molecule has 0 radical (unpaired) electrons. The number of amides is 1. The highest BCUT2D eigenvalue weighted by atomic mass is 35.5. The zero-order valence-corrected chi connectivity index (χ0v) is 23.7. The van der Waals surface area contributed by atoms with Crippen molar-refractivity contribution in [1.82, 2.24) is 19.5 Å². The Labute approximate surface area is 231 Å². The molecule has 12 heteroatoms. The molecule has 0 aliphatic heterocycles. The van der Waals surface area contributed by atoms with Crippen molar-refractivity contribution in [3.8, 4) is 11.8 Å². The summed E-state index contributed by atoms with van der Waals surface area (Å²) in [5.74, 6) is 1.10. The van der Waals surface area contributed by atoms with Crippen LogP contribution in [0.1, 0.15) is 48.3 Å². The van der Waals surface area contributed by atoms with Gasteiger partial charge in [0.25, 0.3) is 5.56 Å². The van der Waals surface area contributed by atoms with E-state index in [0.29, 0.717) is 41.1 Å². The summed E-state index contributed by atoms with van der Waals surface area (Å²) in [7, 11) is 1.55. The van der Waals surface area contributed by atoms with Crippen LogP contribution in [0.15, 0.2) is 23.1 Å². The van der Waals surface area contributed by atoms with Gasteiger partial charge in [0.1, 0.15) is 5.15 Å². The molecule has 3 aromatic rings. The zero-order valence-electron chi connectivity index (χ0n) is 22.9. The summed E-state index contributed by atoms with van der Waals surface area (Å²) in [6.45, 7) is 9.56. The Bertz CT molecular complexity index is 1460. The standard InChI is InChI=1S/C27H33ClN6O5/c1-7-39-25-15(3)11-20(17(5)30-25)34(27(36)37)12-21(18-8-9-18)33-13-22(28)32-23(26(33)35)31-19-10-14(2)24(38-6)29-16(19)4/h10-11,13,18,21H,7-9,12H2,1-6H3,(H,31,32)(H,36,37)/t21-/m1/s1. The number of hydrogen-bond donors (Lipinski definition) is 2. The largest absolute Gasteiger partial charge is 0.481 e. The summed E-state index contributed by atoms with van der Waals surface area (Å²) in [5.41, 5.74) is 3.27. The first-order valence-corrected chi connectivity index (χ1v) is 13.1. The van der Waals surface area contributed by atoms with Crippen LogP contribution in [0.25, 0.3) is 0 Å². The normalized spacial score (nSPS) is 13.6. The molecule has 3 heterocycles. The summed E-state index contributed by atoms with van der Waals surface area (Å²) < 4.78 is 12.3. The van der Waals surface area contributed by atoms with E-state index in [9.17, 15) is 14.7 Å². The van der Waals surface area contributed by atoms with Crippen LogP contribution < -0.4 is 25.2 Å². The lowest BCUT2D eigenvalue weighted by atomic mass is 10.1. The van der Waals surface area contributed by atoms with Gasteiger partial charge in [0.2, 0.25) is 11.8 Å². The first-order valence-electron chi connectivity index (χ1n) is 12.7. The average Bonchev–Trinajstić information content (AvgIpc) is 3.72. The number of hydrogen-bond acceptors (Lipinski definition) is 8. The molecule has 0 unspecified atom stereocenters. The van der Waals surface area contributed by atoms with E-state index in [0.717, 1.165) is 24.0 Å². The van der Waals surface area contributed by atoms with Crippen LogP contribution in [0.3, 0.4) is 0 Å². The maximum Gasteiger partial charge on any atom is 0.411 e. The van der Waals surface area contributed by atoms with Crippen LogP contribution in [0, 0.1) is 33.6 Å². The van der Waals surface area contributed by atoms with Crippen LogP contribution in [0.2, 0.25) is 5.15 Å². The van der Waals surface area contributed by atoms with Gasteiger partial charge in [-0.3, -0.25) is 9.69 Å². The molecular formula is C27H33ClN6O5. The maximum atomic E-state index is 13.7. The van der Waals surface area contributed by atoms with E-state index in [1.807, 2.05) is 26.8 Å². The van der Waals surface area contributed by atoms with Crippen molar-refractivity contribution in [3.63, 3.8) is 0 Å². The van der Waals surface area contributed by atoms with Crippen molar-refractivity contribution in [2.45, 2.75) is 53.5 Å². The van der Waals surface area contributed by atoms with Crippen molar-refractivity contribution < 1.29 is 19.4 Å². The first kappa shape index (κ1) is 28.2. The molecule has 1 atom stereocenters. The Morgan fingerprint density at radius 2 is 1.82 bits per heavy atom. The first-order chi connectivity index (χ1) is 18.5. The molecule has 0 aromatic carbocycles. The minimum Gasteiger partial charge on any atom is -0.481 e.